The highest BCUT2D eigenvalue weighted by Gasteiger charge is 2.18. The second kappa shape index (κ2) is 2.02. The maximum absolute atomic E-state index is 9.99. The molecule has 9 heavy (non-hydrogen) atoms. The molecule has 1 rings (SSSR count). The first kappa shape index (κ1) is 6.03. The fraction of sp³-hybridized carbons (Fsp3) is 0.500. The van der Waals surface area contributed by atoms with Gasteiger partial charge in [0.15, 0.2) is 6.20 Å². The van der Waals surface area contributed by atoms with Crippen LogP contribution in [0.2, 0.25) is 0 Å². The lowest BCUT2D eigenvalue weighted by Crippen LogP contribution is -2.24. The lowest BCUT2D eigenvalue weighted by atomic mass is 10.5. The Kier molecular flexibility index (Phi) is 1.35. The Morgan fingerprint density at radius 1 is 2.00 bits per heavy atom. The highest BCUT2D eigenvalue weighted by molar-refractivity contribution is 4.91. The summed E-state index contributed by atoms with van der Waals surface area (Å²) in [6, 6.07) is 0. The summed E-state index contributed by atoms with van der Waals surface area (Å²) in [6.45, 7) is 0.267. The molecule has 0 saturated heterocycles. The van der Waals surface area contributed by atoms with Gasteiger partial charge < -0.3 is 5.01 Å². The average molecular weight is 128 g/mol. The number of rotatable bonds is 1. The summed E-state index contributed by atoms with van der Waals surface area (Å²) in [7, 11) is 1.66. The van der Waals surface area contributed by atoms with Crippen molar-refractivity contribution in [2.75, 3.05) is 13.6 Å². The zero-order chi connectivity index (χ0) is 6.85. The molecule has 0 aromatic carbocycles. The van der Waals surface area contributed by atoms with E-state index < -0.39 is 4.92 Å². The minimum Gasteiger partial charge on any atom is -0.303 e. The van der Waals surface area contributed by atoms with Crippen molar-refractivity contribution in [2.45, 2.75) is 0 Å². The Morgan fingerprint density at radius 2 is 2.67 bits per heavy atom. The summed E-state index contributed by atoms with van der Waals surface area (Å²) in [5, 5.41) is 11.4. The van der Waals surface area contributed by atoms with Crippen molar-refractivity contribution in [3.05, 3.63) is 22.0 Å². The molecule has 0 unspecified atom stereocenters. The molecule has 0 aliphatic carbocycles. The van der Waals surface area contributed by atoms with Crippen molar-refractivity contribution in [3.63, 3.8) is 0 Å². The molecule has 1 N–H and O–H groups in total. The van der Waals surface area contributed by atoms with Crippen molar-refractivity contribution in [2.24, 2.45) is 0 Å². The summed E-state index contributed by atoms with van der Waals surface area (Å²) >= 11 is 0. The highest BCUT2D eigenvalue weighted by Crippen LogP contribution is 1.99. The first-order chi connectivity index (χ1) is 4.20. The first-order valence-electron chi connectivity index (χ1n) is 2.44. The maximum atomic E-state index is 9.99. The third-order valence-electron chi connectivity index (χ3n) is 1.00. The predicted molar refractivity (Wildman–Crippen MR) is 29.5 cm³/mol. The van der Waals surface area contributed by atoms with Crippen LogP contribution in [0, 0.1) is 16.3 Å². The number of hydrogen-bond donors (Lipinski definition) is 1. The van der Waals surface area contributed by atoms with Crippen LogP contribution in [-0.2, 0) is 0 Å². The Balaban J connectivity index is 2.62. The highest BCUT2D eigenvalue weighted by atomic mass is 16.6. The SMILES string of the molecule is CN1[C]=C([N+](=O)[O-])CN1. The van der Waals surface area contributed by atoms with Gasteiger partial charge in [-0.15, -0.1) is 0 Å². The molecular formula is C4H6N3O2. The number of nitrogens with zero attached hydrogens (tertiary/aromatic N) is 2. The van der Waals surface area contributed by atoms with Crippen molar-refractivity contribution in [3.8, 4) is 0 Å². The number of hydrogen-bond acceptors (Lipinski definition) is 4. The molecule has 49 valence electrons. The van der Waals surface area contributed by atoms with Gasteiger partial charge in [0.25, 0.3) is 5.70 Å². The van der Waals surface area contributed by atoms with Crippen molar-refractivity contribution < 1.29 is 4.92 Å². The molecule has 0 spiro atoms. The lowest BCUT2D eigenvalue weighted by Gasteiger charge is -2.01. The standard InChI is InChI=1S/C4H6N3O2/c1-6-3-4(2-5-6)7(8)9/h5H,2H2,1H3. The van der Waals surface area contributed by atoms with E-state index in [1.54, 1.807) is 7.05 Å². The monoisotopic (exact) mass is 128 g/mol. The van der Waals surface area contributed by atoms with E-state index in [1.165, 1.54) is 5.01 Å². The van der Waals surface area contributed by atoms with Gasteiger partial charge in [0.2, 0.25) is 0 Å². The second-order valence-corrected chi connectivity index (χ2v) is 1.71. The number of nitrogens with one attached hydrogen (secondary N) is 1. The van der Waals surface area contributed by atoms with Gasteiger partial charge in [-0.2, -0.15) is 0 Å². The normalized spacial score (nSPS) is 17.9. The molecule has 0 aromatic rings. The van der Waals surface area contributed by atoms with Crippen LogP contribution in [0.4, 0.5) is 0 Å². The topological polar surface area (TPSA) is 58.4 Å². The minimum absolute atomic E-state index is 0.0810. The van der Waals surface area contributed by atoms with E-state index in [1.807, 2.05) is 0 Å². The van der Waals surface area contributed by atoms with Crippen molar-refractivity contribution >= 4 is 0 Å². The van der Waals surface area contributed by atoms with Crippen molar-refractivity contribution in [1.82, 2.24) is 10.4 Å². The quantitative estimate of drug-likeness (QED) is 0.377. The third kappa shape index (κ3) is 1.17. The van der Waals surface area contributed by atoms with E-state index in [0.29, 0.717) is 0 Å². The van der Waals surface area contributed by atoms with E-state index in [0.717, 1.165) is 0 Å². The predicted octanol–water partition coefficient (Wildman–Crippen LogP) is -0.642. The Bertz CT molecular complexity index is 165. The molecule has 1 radical (unpaired) electrons. The van der Waals surface area contributed by atoms with E-state index in [4.69, 9.17) is 0 Å². The minimum atomic E-state index is -0.448. The second-order valence-electron chi connectivity index (χ2n) is 1.71. The van der Waals surface area contributed by atoms with Gasteiger partial charge in [0.05, 0.1) is 4.92 Å². The van der Waals surface area contributed by atoms with Crippen LogP contribution >= 0.6 is 0 Å². The van der Waals surface area contributed by atoms with Gasteiger partial charge in [-0.05, 0) is 0 Å². The fourth-order valence-electron chi connectivity index (χ4n) is 0.571. The summed E-state index contributed by atoms with van der Waals surface area (Å²) in [4.78, 5) is 9.54. The molecule has 0 atom stereocenters. The maximum Gasteiger partial charge on any atom is 0.288 e. The van der Waals surface area contributed by atoms with Gasteiger partial charge in [0, 0.05) is 7.05 Å². The zero-order valence-electron chi connectivity index (χ0n) is 4.92. The largest absolute Gasteiger partial charge is 0.303 e. The summed E-state index contributed by atoms with van der Waals surface area (Å²) < 4.78 is 0. The number of hydrazine groups is 1. The zero-order valence-corrected chi connectivity index (χ0v) is 4.92. The Morgan fingerprint density at radius 3 is 2.89 bits per heavy atom. The third-order valence-corrected chi connectivity index (χ3v) is 1.00. The molecule has 0 amide bonds. The lowest BCUT2D eigenvalue weighted by molar-refractivity contribution is -0.425. The molecule has 0 bridgehead atoms. The molecule has 0 fully saturated rings. The van der Waals surface area contributed by atoms with E-state index in [2.05, 4.69) is 11.6 Å². The molecule has 0 saturated carbocycles. The molecule has 5 nitrogen and oxygen atoms in total. The van der Waals surface area contributed by atoms with E-state index in [9.17, 15) is 10.1 Å². The van der Waals surface area contributed by atoms with Gasteiger partial charge >= 0.3 is 0 Å². The van der Waals surface area contributed by atoms with Crippen LogP contribution in [0.3, 0.4) is 0 Å². The summed E-state index contributed by atoms with van der Waals surface area (Å²) in [6.07, 6.45) is 2.49. The van der Waals surface area contributed by atoms with E-state index in [-0.39, 0.29) is 12.2 Å². The average Bonchev–Trinajstić information content (AvgIpc) is 2.14. The van der Waals surface area contributed by atoms with Crippen LogP contribution in [0.1, 0.15) is 0 Å². The summed E-state index contributed by atoms with van der Waals surface area (Å²) in [5.74, 6) is 0. The molecule has 1 aliphatic heterocycles. The smallest absolute Gasteiger partial charge is 0.288 e. The van der Waals surface area contributed by atoms with Gasteiger partial charge in [-0.25, -0.2) is 5.43 Å². The first-order valence-corrected chi connectivity index (χ1v) is 2.44. The van der Waals surface area contributed by atoms with Gasteiger partial charge in [-0.1, -0.05) is 0 Å². The van der Waals surface area contributed by atoms with E-state index >= 15 is 0 Å². The van der Waals surface area contributed by atoms with Crippen LogP contribution in [0.15, 0.2) is 5.70 Å². The molecule has 1 aliphatic rings. The molecule has 0 aromatic heterocycles. The molecule has 1 heterocycles. The number of nitro groups is 1. The van der Waals surface area contributed by atoms with Crippen molar-refractivity contribution in [1.29, 1.82) is 0 Å². The van der Waals surface area contributed by atoms with Gasteiger partial charge in [-0.3, -0.25) is 10.1 Å². The van der Waals surface area contributed by atoms with Crippen LogP contribution in [0.5, 0.6) is 0 Å². The van der Waals surface area contributed by atoms with Crippen LogP contribution in [0.25, 0.3) is 0 Å². The van der Waals surface area contributed by atoms with Gasteiger partial charge in [0.1, 0.15) is 6.54 Å². The Hall–Kier alpha value is -1.10. The van der Waals surface area contributed by atoms with Crippen LogP contribution in [-0.4, -0.2) is 23.5 Å². The molecular weight excluding hydrogens is 122 g/mol. The molecule has 5 heteroatoms. The van der Waals surface area contributed by atoms with Crippen LogP contribution < -0.4 is 5.43 Å². The summed E-state index contributed by atoms with van der Waals surface area (Å²) in [5.41, 5.74) is 2.78. The fourth-order valence-corrected chi connectivity index (χ4v) is 0.571. The Labute approximate surface area is 52.1 Å².